The van der Waals surface area contributed by atoms with Crippen molar-refractivity contribution in [3.8, 4) is 11.5 Å². The van der Waals surface area contributed by atoms with Crippen LogP contribution in [0.4, 0.5) is 0 Å². The Balaban J connectivity index is 1.73. The number of aliphatic hydroxyl groups is 1. The van der Waals surface area contributed by atoms with Crippen molar-refractivity contribution >= 4 is 0 Å². The molecule has 3 aliphatic carbocycles. The highest BCUT2D eigenvalue weighted by atomic mass is 16.5. The van der Waals surface area contributed by atoms with Crippen molar-refractivity contribution in [1.82, 2.24) is 4.90 Å². The van der Waals surface area contributed by atoms with Gasteiger partial charge in [-0.25, -0.2) is 0 Å². The summed E-state index contributed by atoms with van der Waals surface area (Å²) in [6.07, 6.45) is 4.56. The van der Waals surface area contributed by atoms with Crippen molar-refractivity contribution in [1.29, 1.82) is 0 Å². The van der Waals surface area contributed by atoms with Gasteiger partial charge in [0.25, 0.3) is 0 Å². The number of aliphatic hydroxyl groups excluding tert-OH is 1. The first-order chi connectivity index (χ1) is 10.2. The molecule has 5 aliphatic rings. The normalized spacial score (nSPS) is 52.4. The van der Waals surface area contributed by atoms with Crippen molar-refractivity contribution in [2.24, 2.45) is 5.92 Å². The molecule has 2 spiro atoms. The van der Waals surface area contributed by atoms with Crippen LogP contribution in [0.1, 0.15) is 17.5 Å². The molecule has 3 unspecified atom stereocenters. The van der Waals surface area contributed by atoms with Gasteiger partial charge < -0.3 is 14.6 Å². The maximum absolute atomic E-state index is 10.5. The van der Waals surface area contributed by atoms with E-state index in [4.69, 9.17) is 9.47 Å². The molecule has 21 heavy (non-hydrogen) atoms. The van der Waals surface area contributed by atoms with Gasteiger partial charge >= 0.3 is 0 Å². The van der Waals surface area contributed by atoms with Crippen LogP contribution >= 0.6 is 0 Å². The Morgan fingerprint density at radius 3 is 3.05 bits per heavy atom. The molecule has 4 nitrogen and oxygen atoms in total. The highest BCUT2D eigenvalue weighted by molar-refractivity contribution is 5.70. The molecule has 2 fully saturated rings. The molecular weight excluding hydrogens is 266 g/mol. The van der Waals surface area contributed by atoms with E-state index >= 15 is 0 Å². The molecule has 0 amide bonds. The SMILES string of the molecule is COc1ccc2c3c1O[C@H]1[C@@H](O)C=CC4[C@@H]5N(C)C25C[C@@]341. The van der Waals surface area contributed by atoms with Gasteiger partial charge in [0.15, 0.2) is 11.5 Å². The number of ether oxygens (including phenoxy) is 2. The van der Waals surface area contributed by atoms with Crippen molar-refractivity contribution in [3.63, 3.8) is 0 Å². The summed E-state index contributed by atoms with van der Waals surface area (Å²) < 4.78 is 11.7. The fraction of sp³-hybridized carbons (Fsp3) is 0.529. The number of likely N-dealkylation sites (tertiary alicyclic amines) is 1. The maximum Gasteiger partial charge on any atom is 0.166 e. The minimum atomic E-state index is -0.524. The Kier molecular flexibility index (Phi) is 1.51. The average molecular weight is 283 g/mol. The van der Waals surface area contributed by atoms with E-state index in [1.165, 1.54) is 11.1 Å². The Labute approximate surface area is 123 Å². The van der Waals surface area contributed by atoms with Gasteiger partial charge in [0.05, 0.1) is 12.6 Å². The number of fused-ring (bicyclic) bond motifs is 1. The summed E-state index contributed by atoms with van der Waals surface area (Å²) in [4.78, 5) is 2.50. The van der Waals surface area contributed by atoms with Gasteiger partial charge in [-0.1, -0.05) is 18.2 Å². The second-order valence-corrected chi connectivity index (χ2v) is 7.16. The topological polar surface area (TPSA) is 41.7 Å². The summed E-state index contributed by atoms with van der Waals surface area (Å²) in [7, 11) is 3.91. The lowest BCUT2D eigenvalue weighted by molar-refractivity contribution is 0.00605. The molecule has 1 aromatic rings. The number of hydrogen-bond acceptors (Lipinski definition) is 4. The molecule has 2 bridgehead atoms. The van der Waals surface area contributed by atoms with E-state index in [1.54, 1.807) is 7.11 Å². The molecule has 0 aromatic heterocycles. The smallest absolute Gasteiger partial charge is 0.166 e. The predicted octanol–water partition coefficient (Wildman–Crippen LogP) is 1.17. The van der Waals surface area contributed by atoms with Gasteiger partial charge in [0.2, 0.25) is 0 Å². The number of methoxy groups -OCH3 is 1. The first-order valence-corrected chi connectivity index (χ1v) is 7.64. The van der Waals surface area contributed by atoms with Gasteiger partial charge in [0, 0.05) is 22.9 Å². The summed E-state index contributed by atoms with van der Waals surface area (Å²) >= 11 is 0. The van der Waals surface area contributed by atoms with Gasteiger partial charge in [-0.2, -0.15) is 0 Å². The Bertz CT molecular complexity index is 744. The third kappa shape index (κ3) is 0.815. The van der Waals surface area contributed by atoms with Crippen LogP contribution in [0.2, 0.25) is 0 Å². The molecule has 6 rings (SSSR count). The third-order valence-electron chi connectivity index (χ3n) is 6.82. The van der Waals surface area contributed by atoms with Gasteiger partial charge in [-0.05, 0) is 25.1 Å². The lowest BCUT2D eigenvalue weighted by Gasteiger charge is -2.40. The lowest BCUT2D eigenvalue weighted by atomic mass is 9.64. The standard InChI is InChI=1S/C17H17NO3/c1-18-14-9-3-5-10(19)15-16(9)7-17(14,18)8-4-6-11(20-2)13(21-15)12(8)16/h3-6,9-10,14-15,19H,7H2,1-2H3/t9?,10-,14-,15-,16-,17?,18?/m0/s1. The molecule has 108 valence electrons. The number of likely N-dealkylation sites (N-methyl/N-ethyl adjacent to an activating group) is 1. The van der Waals surface area contributed by atoms with E-state index < -0.39 is 6.10 Å². The summed E-state index contributed by atoms with van der Waals surface area (Å²) in [6.45, 7) is 0. The van der Waals surface area contributed by atoms with Crippen LogP contribution in [0.25, 0.3) is 0 Å². The number of hydrogen-bond donors (Lipinski definition) is 1. The van der Waals surface area contributed by atoms with Crippen molar-refractivity contribution in [2.75, 3.05) is 14.2 Å². The van der Waals surface area contributed by atoms with Crippen LogP contribution in [0.3, 0.4) is 0 Å². The number of piperidine rings is 1. The van der Waals surface area contributed by atoms with Crippen molar-refractivity contribution < 1.29 is 14.6 Å². The Hall–Kier alpha value is -1.52. The zero-order chi connectivity index (χ0) is 14.1. The van der Waals surface area contributed by atoms with E-state index in [1.807, 2.05) is 12.1 Å². The van der Waals surface area contributed by atoms with Crippen LogP contribution in [-0.2, 0) is 11.0 Å². The summed E-state index contributed by atoms with van der Waals surface area (Å²) in [5.41, 5.74) is 2.87. The van der Waals surface area contributed by atoms with E-state index in [-0.39, 0.29) is 17.1 Å². The number of rotatable bonds is 1. The van der Waals surface area contributed by atoms with Gasteiger partial charge in [-0.15, -0.1) is 0 Å². The molecule has 1 saturated heterocycles. The monoisotopic (exact) mass is 283 g/mol. The third-order valence-corrected chi connectivity index (χ3v) is 6.82. The number of benzene rings is 1. The van der Waals surface area contributed by atoms with Crippen LogP contribution in [0.5, 0.6) is 11.5 Å². The van der Waals surface area contributed by atoms with Crippen LogP contribution < -0.4 is 9.47 Å². The predicted molar refractivity (Wildman–Crippen MR) is 75.6 cm³/mol. The Morgan fingerprint density at radius 1 is 1.38 bits per heavy atom. The fourth-order valence-corrected chi connectivity index (χ4v) is 6.13. The van der Waals surface area contributed by atoms with E-state index in [0.29, 0.717) is 12.0 Å². The fourth-order valence-electron chi connectivity index (χ4n) is 6.13. The highest BCUT2D eigenvalue weighted by Gasteiger charge is 2.84. The molecule has 7 atom stereocenters. The van der Waals surface area contributed by atoms with E-state index in [9.17, 15) is 5.11 Å². The second kappa shape index (κ2) is 2.85. The molecule has 2 aliphatic heterocycles. The molecule has 1 aromatic carbocycles. The second-order valence-electron chi connectivity index (χ2n) is 7.16. The first-order valence-electron chi connectivity index (χ1n) is 7.64. The lowest BCUT2D eigenvalue weighted by Crippen LogP contribution is -2.51. The van der Waals surface area contributed by atoms with Crippen LogP contribution in [0.15, 0.2) is 24.3 Å². The van der Waals surface area contributed by atoms with Gasteiger partial charge in [-0.3, -0.25) is 4.90 Å². The summed E-state index contributed by atoms with van der Waals surface area (Å²) in [5.74, 6) is 2.13. The molecule has 4 heteroatoms. The van der Waals surface area contributed by atoms with E-state index in [0.717, 1.165) is 17.9 Å². The first kappa shape index (κ1) is 11.1. The molecular formula is C17H17NO3. The zero-order valence-corrected chi connectivity index (χ0v) is 12.0. The van der Waals surface area contributed by atoms with E-state index in [2.05, 4.69) is 24.1 Å². The summed E-state index contributed by atoms with van der Waals surface area (Å²) in [6, 6.07) is 4.81. The van der Waals surface area contributed by atoms with Gasteiger partial charge in [0.1, 0.15) is 12.2 Å². The Morgan fingerprint density at radius 2 is 2.24 bits per heavy atom. The summed E-state index contributed by atoms with van der Waals surface area (Å²) in [5, 5.41) is 10.5. The van der Waals surface area contributed by atoms with Crippen LogP contribution in [0, 0.1) is 5.92 Å². The minimum Gasteiger partial charge on any atom is -0.493 e. The molecule has 1 saturated carbocycles. The zero-order valence-electron chi connectivity index (χ0n) is 12.0. The number of nitrogens with zero attached hydrogens (tertiary/aromatic N) is 1. The largest absolute Gasteiger partial charge is 0.493 e. The van der Waals surface area contributed by atoms with Crippen molar-refractivity contribution in [2.45, 2.75) is 35.6 Å². The average Bonchev–Trinajstić information content (AvgIpc) is 2.84. The highest BCUT2D eigenvalue weighted by Crippen LogP contribution is 2.79. The molecule has 2 heterocycles. The molecule has 1 N–H and O–H groups in total. The maximum atomic E-state index is 10.5. The quantitative estimate of drug-likeness (QED) is 0.620. The van der Waals surface area contributed by atoms with Crippen LogP contribution in [-0.4, -0.2) is 42.4 Å². The minimum absolute atomic E-state index is 0.0372. The molecule has 0 radical (unpaired) electrons. The van der Waals surface area contributed by atoms with Crippen molar-refractivity contribution in [3.05, 3.63) is 35.4 Å².